The molecular weight excluding hydrogens is 520 g/mol. The van der Waals surface area contributed by atoms with Crippen molar-refractivity contribution in [3.63, 3.8) is 0 Å². The molecule has 216 valence electrons. The van der Waals surface area contributed by atoms with E-state index in [0.29, 0.717) is 24.3 Å². The van der Waals surface area contributed by atoms with E-state index in [2.05, 4.69) is 34.4 Å². The Labute approximate surface area is 240 Å². The van der Waals surface area contributed by atoms with Gasteiger partial charge in [0.05, 0.1) is 5.56 Å². The number of nitrogens with one attached hydrogen (secondary N) is 2. The first-order chi connectivity index (χ1) is 19.7. The molecule has 0 radical (unpaired) electrons. The fourth-order valence-corrected chi connectivity index (χ4v) is 5.30. The van der Waals surface area contributed by atoms with E-state index in [-0.39, 0.29) is 23.9 Å². The van der Waals surface area contributed by atoms with Gasteiger partial charge < -0.3 is 25.3 Å². The van der Waals surface area contributed by atoms with Gasteiger partial charge >= 0.3 is 6.03 Å². The van der Waals surface area contributed by atoms with Crippen LogP contribution in [0.1, 0.15) is 70.4 Å². The van der Waals surface area contributed by atoms with Crippen LogP contribution in [0.5, 0.6) is 0 Å². The molecule has 1 saturated heterocycles. The number of hydrogen-bond donors (Lipinski definition) is 2. The zero-order chi connectivity index (χ0) is 29.1. The van der Waals surface area contributed by atoms with Gasteiger partial charge in [-0.15, -0.1) is 0 Å². The highest BCUT2D eigenvalue weighted by Crippen LogP contribution is 2.28. The number of likely N-dealkylation sites (tertiary alicyclic amines) is 1. The van der Waals surface area contributed by atoms with E-state index in [0.717, 1.165) is 67.2 Å². The quantitative estimate of drug-likeness (QED) is 0.457. The largest absolute Gasteiger partial charge is 0.352 e. The molecule has 0 aliphatic carbocycles. The number of fused-ring (bicyclic) bond motifs is 1. The van der Waals surface area contributed by atoms with Crippen molar-refractivity contribution in [2.45, 2.75) is 52.2 Å². The molecule has 2 aromatic heterocycles. The Kier molecular flexibility index (Phi) is 8.23. The zero-order valence-electron chi connectivity index (χ0n) is 24.2. The molecule has 11 nitrogen and oxygen atoms in total. The fourth-order valence-electron chi connectivity index (χ4n) is 5.30. The van der Waals surface area contributed by atoms with Crippen molar-refractivity contribution in [2.75, 3.05) is 43.9 Å². The molecule has 11 heteroatoms. The number of amides is 4. The molecule has 2 N–H and O–H groups in total. The highest BCUT2D eigenvalue weighted by molar-refractivity contribution is 5.95. The molecule has 41 heavy (non-hydrogen) atoms. The Hall–Kier alpha value is -4.41. The molecular formula is C30H38N8O3. The topological polar surface area (TPSA) is 116 Å². The molecule has 0 bridgehead atoms. The Morgan fingerprint density at radius 2 is 1.73 bits per heavy atom. The van der Waals surface area contributed by atoms with Gasteiger partial charge in [0, 0.05) is 82.4 Å². The van der Waals surface area contributed by atoms with Crippen molar-refractivity contribution in [2.24, 2.45) is 0 Å². The lowest BCUT2D eigenvalue weighted by molar-refractivity contribution is 0.0826. The molecule has 1 fully saturated rings. The minimum atomic E-state index is -0.228. The predicted octanol–water partition coefficient (Wildman–Crippen LogP) is 3.68. The summed E-state index contributed by atoms with van der Waals surface area (Å²) in [5.74, 6) is 0.434. The Morgan fingerprint density at radius 3 is 2.37 bits per heavy atom. The number of nitrogens with zero attached hydrogens (tertiary/aromatic N) is 6. The molecule has 4 heterocycles. The molecule has 1 aromatic carbocycles. The smallest absolute Gasteiger partial charge is 0.321 e. The van der Waals surface area contributed by atoms with Crippen LogP contribution in [0, 0.1) is 0 Å². The summed E-state index contributed by atoms with van der Waals surface area (Å²) >= 11 is 0. The summed E-state index contributed by atoms with van der Waals surface area (Å²) in [4.78, 5) is 48.0. The Bertz CT molecular complexity index is 1410. The number of hydrogen-bond acceptors (Lipinski definition) is 6. The van der Waals surface area contributed by atoms with Crippen molar-refractivity contribution in [3.05, 3.63) is 70.7 Å². The Balaban J connectivity index is 1.26. The maximum atomic E-state index is 13.4. The maximum absolute atomic E-state index is 13.4. The first-order valence-electron chi connectivity index (χ1n) is 14.2. The number of rotatable bonds is 7. The lowest BCUT2D eigenvalue weighted by atomic mass is 10.0. The van der Waals surface area contributed by atoms with Crippen molar-refractivity contribution in [1.82, 2.24) is 29.9 Å². The normalized spacial score (nSPS) is 14.7. The van der Waals surface area contributed by atoms with Gasteiger partial charge in [0.2, 0.25) is 0 Å². The third-order valence-electron chi connectivity index (χ3n) is 7.57. The SMILES string of the molecule is CC(C)n1nc(C(=O)NCc2ccc(NC(=O)N3CCCC3)cc2)c2c1CCN(c1ccc(C(=O)N(C)C)cn1)C2. The van der Waals surface area contributed by atoms with Crippen LogP contribution in [0.25, 0.3) is 0 Å². The van der Waals surface area contributed by atoms with E-state index in [1.807, 2.05) is 39.9 Å². The highest BCUT2D eigenvalue weighted by atomic mass is 16.2. The molecule has 0 atom stereocenters. The van der Waals surface area contributed by atoms with Crippen molar-refractivity contribution >= 4 is 29.4 Å². The monoisotopic (exact) mass is 558 g/mol. The first kappa shape index (κ1) is 28.1. The van der Waals surface area contributed by atoms with Crippen LogP contribution in [-0.2, 0) is 19.5 Å². The number of anilines is 2. The molecule has 0 unspecified atom stereocenters. The molecule has 0 spiro atoms. The summed E-state index contributed by atoms with van der Waals surface area (Å²) in [7, 11) is 3.43. The van der Waals surface area contributed by atoms with Crippen molar-refractivity contribution < 1.29 is 14.4 Å². The second kappa shape index (κ2) is 12.0. The van der Waals surface area contributed by atoms with Gasteiger partial charge in [0.25, 0.3) is 11.8 Å². The number of benzene rings is 1. The number of carbonyl (C=O) groups is 3. The molecule has 3 aromatic rings. The van der Waals surface area contributed by atoms with Crippen LogP contribution in [0.4, 0.5) is 16.3 Å². The average molecular weight is 559 g/mol. The average Bonchev–Trinajstić information content (AvgIpc) is 3.65. The second-order valence-electron chi connectivity index (χ2n) is 11.1. The molecule has 5 rings (SSSR count). The van der Waals surface area contributed by atoms with Crippen LogP contribution in [0.3, 0.4) is 0 Å². The summed E-state index contributed by atoms with van der Waals surface area (Å²) in [6.07, 6.45) is 4.43. The van der Waals surface area contributed by atoms with E-state index in [4.69, 9.17) is 5.10 Å². The van der Waals surface area contributed by atoms with E-state index in [1.54, 1.807) is 26.4 Å². The summed E-state index contributed by atoms with van der Waals surface area (Å²) in [6.45, 7) is 7.30. The van der Waals surface area contributed by atoms with Crippen LogP contribution >= 0.6 is 0 Å². The van der Waals surface area contributed by atoms with Gasteiger partial charge in [-0.1, -0.05) is 12.1 Å². The van der Waals surface area contributed by atoms with Gasteiger partial charge in [-0.05, 0) is 56.5 Å². The van der Waals surface area contributed by atoms with Gasteiger partial charge in [-0.2, -0.15) is 5.10 Å². The summed E-state index contributed by atoms with van der Waals surface area (Å²) in [5, 5.41) is 10.7. The summed E-state index contributed by atoms with van der Waals surface area (Å²) in [5.41, 5.74) is 4.58. The second-order valence-corrected chi connectivity index (χ2v) is 11.1. The van der Waals surface area contributed by atoms with Crippen LogP contribution < -0.4 is 15.5 Å². The van der Waals surface area contributed by atoms with E-state index < -0.39 is 0 Å². The van der Waals surface area contributed by atoms with Gasteiger partial charge in [0.15, 0.2) is 5.69 Å². The lowest BCUT2D eigenvalue weighted by Crippen LogP contribution is -2.33. The third-order valence-corrected chi connectivity index (χ3v) is 7.57. The minimum absolute atomic E-state index is 0.0729. The maximum Gasteiger partial charge on any atom is 0.321 e. The fraction of sp³-hybridized carbons (Fsp3) is 0.433. The number of aromatic nitrogens is 3. The number of carbonyl (C=O) groups excluding carboxylic acids is 3. The Morgan fingerprint density at radius 1 is 1.00 bits per heavy atom. The highest BCUT2D eigenvalue weighted by Gasteiger charge is 2.29. The van der Waals surface area contributed by atoms with Crippen LogP contribution in [-0.4, -0.2) is 76.1 Å². The van der Waals surface area contributed by atoms with Gasteiger partial charge in [-0.25, -0.2) is 9.78 Å². The van der Waals surface area contributed by atoms with Crippen LogP contribution in [0.2, 0.25) is 0 Å². The van der Waals surface area contributed by atoms with E-state index in [9.17, 15) is 14.4 Å². The molecule has 4 amide bonds. The number of urea groups is 1. The molecule has 2 aliphatic heterocycles. The number of pyridine rings is 1. The predicted molar refractivity (Wildman–Crippen MR) is 157 cm³/mol. The van der Waals surface area contributed by atoms with Crippen molar-refractivity contribution in [1.29, 1.82) is 0 Å². The van der Waals surface area contributed by atoms with Gasteiger partial charge in [-0.3, -0.25) is 14.3 Å². The minimum Gasteiger partial charge on any atom is -0.352 e. The lowest BCUT2D eigenvalue weighted by Gasteiger charge is -2.29. The summed E-state index contributed by atoms with van der Waals surface area (Å²) < 4.78 is 1.95. The van der Waals surface area contributed by atoms with Crippen LogP contribution in [0.15, 0.2) is 42.6 Å². The van der Waals surface area contributed by atoms with Crippen molar-refractivity contribution in [3.8, 4) is 0 Å². The molecule has 2 aliphatic rings. The van der Waals surface area contributed by atoms with Gasteiger partial charge in [0.1, 0.15) is 5.82 Å². The van der Waals surface area contributed by atoms with E-state index in [1.165, 1.54) is 4.90 Å². The molecule has 0 saturated carbocycles. The third kappa shape index (κ3) is 6.18. The standard InChI is InChI=1S/C30H38N8O3/c1-20(2)38-25-13-16-37(26-12-9-22(18-31-26)29(40)35(3)4)19-24(25)27(34-38)28(39)32-17-21-7-10-23(11-8-21)33-30(41)36-14-5-6-15-36/h7-12,18,20H,5-6,13-17,19H2,1-4H3,(H,32,39)(H,33,41). The van der Waals surface area contributed by atoms with E-state index >= 15 is 0 Å². The zero-order valence-corrected chi connectivity index (χ0v) is 24.2. The summed E-state index contributed by atoms with van der Waals surface area (Å²) in [6, 6.07) is 11.2. The first-order valence-corrected chi connectivity index (χ1v) is 14.2.